The van der Waals surface area contributed by atoms with Crippen molar-refractivity contribution in [2.45, 2.75) is 36.0 Å². The maximum absolute atomic E-state index is 12.7. The topological polar surface area (TPSA) is 62.7 Å². The molecule has 1 unspecified atom stereocenters. The van der Waals surface area contributed by atoms with Gasteiger partial charge in [0.2, 0.25) is 0 Å². The number of H-pyrrole nitrogens is 1. The number of nitrogens with zero attached hydrogens (tertiary/aromatic N) is 2. The summed E-state index contributed by atoms with van der Waals surface area (Å²) in [6.07, 6.45) is 12.1. The van der Waals surface area contributed by atoms with Crippen LogP contribution >= 0.6 is 15.9 Å². The molecule has 2 heterocycles. The van der Waals surface area contributed by atoms with Gasteiger partial charge in [-0.1, -0.05) is 28.1 Å². The number of hydrogen-bond donors (Lipinski definition) is 2. The maximum atomic E-state index is 12.7. The van der Waals surface area contributed by atoms with E-state index in [-0.39, 0.29) is 11.4 Å². The molecule has 1 fully saturated rings. The van der Waals surface area contributed by atoms with Crippen molar-refractivity contribution >= 4 is 34.0 Å². The zero-order chi connectivity index (χ0) is 16.0. The molecule has 0 spiro atoms. The molecule has 6 heteroatoms. The summed E-state index contributed by atoms with van der Waals surface area (Å²) in [5.74, 6) is -0.0455. The number of amides is 1. The third-order valence-electron chi connectivity index (χ3n) is 4.85. The van der Waals surface area contributed by atoms with E-state index in [1.807, 2.05) is 25.5 Å². The predicted octanol–water partition coefficient (Wildman–Crippen LogP) is 1.29. The molecule has 2 aliphatic rings. The van der Waals surface area contributed by atoms with Crippen LogP contribution in [-0.2, 0) is 12.6 Å². The molecule has 1 atom stereocenters. The molecular weight excluding hydrogens is 356 g/mol. The third-order valence-corrected chi connectivity index (χ3v) is 5.49. The summed E-state index contributed by atoms with van der Waals surface area (Å²) in [7, 11) is 1.90. The molecule has 2 N–H and O–H groups in total. The van der Waals surface area contributed by atoms with Crippen LogP contribution in [0.15, 0.2) is 18.5 Å². The molecular formula is C17H19BrN4O. The predicted molar refractivity (Wildman–Crippen MR) is 92.5 cm³/mol. The average Bonchev–Trinajstić information content (AvgIpc) is 3.08. The number of nitrogens with one attached hydrogen (secondary N) is 2. The van der Waals surface area contributed by atoms with Crippen molar-refractivity contribution in [3.05, 3.63) is 40.3 Å². The quantitative estimate of drug-likeness (QED) is 0.795. The molecule has 1 saturated carbocycles. The third kappa shape index (κ3) is 2.55. The fraction of sp³-hybridized carbons (Fsp3) is 0.412. The summed E-state index contributed by atoms with van der Waals surface area (Å²) < 4.78 is 1.79. The number of hydrogen-bond acceptors (Lipinski definition) is 2. The van der Waals surface area contributed by atoms with E-state index in [0.29, 0.717) is 10.5 Å². The number of alkyl halides is 1. The van der Waals surface area contributed by atoms with E-state index in [2.05, 4.69) is 43.5 Å². The summed E-state index contributed by atoms with van der Waals surface area (Å²) >= 11 is 3.60. The number of aromatic nitrogens is 3. The molecule has 0 aliphatic heterocycles. The average molecular weight is 375 g/mol. The lowest BCUT2D eigenvalue weighted by molar-refractivity contribution is 0.0818. The monoisotopic (exact) mass is 374 g/mol. The molecule has 0 bridgehead atoms. The summed E-state index contributed by atoms with van der Waals surface area (Å²) in [4.78, 5) is 16.3. The van der Waals surface area contributed by atoms with Gasteiger partial charge in [-0.3, -0.25) is 9.48 Å². The Morgan fingerprint density at radius 1 is 1.52 bits per heavy atom. The number of rotatable bonds is 3. The van der Waals surface area contributed by atoms with Crippen LogP contribution < -0.4 is 15.9 Å². The second-order valence-corrected chi connectivity index (χ2v) is 7.64. The highest BCUT2D eigenvalue weighted by Gasteiger charge is 2.41. The fourth-order valence-electron chi connectivity index (χ4n) is 3.38. The Balaban J connectivity index is 1.62. The van der Waals surface area contributed by atoms with E-state index in [4.69, 9.17) is 0 Å². The van der Waals surface area contributed by atoms with Crippen molar-refractivity contribution < 1.29 is 4.79 Å². The van der Waals surface area contributed by atoms with Crippen molar-refractivity contribution in [1.82, 2.24) is 20.1 Å². The van der Waals surface area contributed by atoms with Crippen LogP contribution in [0.4, 0.5) is 0 Å². The second kappa shape index (κ2) is 5.37. The van der Waals surface area contributed by atoms with Crippen molar-refractivity contribution in [3.63, 3.8) is 0 Å². The minimum absolute atomic E-state index is 0.0455. The van der Waals surface area contributed by atoms with Crippen LogP contribution in [0.2, 0.25) is 0 Å². The zero-order valence-electron chi connectivity index (χ0n) is 13.0. The highest BCUT2D eigenvalue weighted by atomic mass is 79.9. The molecule has 120 valence electrons. The van der Waals surface area contributed by atoms with E-state index in [1.165, 1.54) is 0 Å². The number of halogens is 1. The molecule has 2 aromatic heterocycles. The van der Waals surface area contributed by atoms with Crippen LogP contribution in [0, 0.1) is 0 Å². The first kappa shape index (κ1) is 14.8. The SMILES string of the molecule is Cn1cc(C2(NC(=O)c3cc4c([nH]3)=CCC(Br)C=4)CCC2)cn1. The smallest absolute Gasteiger partial charge is 0.268 e. The molecule has 2 aliphatic carbocycles. The van der Waals surface area contributed by atoms with Gasteiger partial charge in [0, 0.05) is 29.0 Å². The lowest BCUT2D eigenvalue weighted by Gasteiger charge is -2.41. The van der Waals surface area contributed by atoms with E-state index in [9.17, 15) is 4.79 Å². The van der Waals surface area contributed by atoms with Crippen LogP contribution in [-0.4, -0.2) is 25.5 Å². The fourth-order valence-corrected chi connectivity index (χ4v) is 3.85. The van der Waals surface area contributed by atoms with Crippen LogP contribution in [0.3, 0.4) is 0 Å². The van der Waals surface area contributed by atoms with E-state index in [1.54, 1.807) is 4.68 Å². The van der Waals surface area contributed by atoms with E-state index < -0.39 is 0 Å². The van der Waals surface area contributed by atoms with Gasteiger partial charge in [0.25, 0.3) is 5.91 Å². The van der Waals surface area contributed by atoms with Crippen LogP contribution in [0.1, 0.15) is 41.7 Å². The lowest BCUT2D eigenvalue weighted by Crippen LogP contribution is -2.50. The van der Waals surface area contributed by atoms with Gasteiger partial charge in [-0.2, -0.15) is 5.10 Å². The Hall–Kier alpha value is -1.82. The van der Waals surface area contributed by atoms with Gasteiger partial charge in [-0.15, -0.1) is 0 Å². The number of carbonyl (C=O) groups is 1. The first-order chi connectivity index (χ1) is 11.1. The van der Waals surface area contributed by atoms with Gasteiger partial charge in [-0.25, -0.2) is 0 Å². The molecule has 1 amide bonds. The Kier molecular flexibility index (Phi) is 3.44. The van der Waals surface area contributed by atoms with Gasteiger partial charge < -0.3 is 10.3 Å². The van der Waals surface area contributed by atoms with Crippen molar-refractivity contribution in [3.8, 4) is 0 Å². The van der Waals surface area contributed by atoms with Gasteiger partial charge in [0.15, 0.2) is 0 Å². The largest absolute Gasteiger partial charge is 0.351 e. The van der Waals surface area contributed by atoms with E-state index >= 15 is 0 Å². The normalized spacial score (nSPS) is 21.6. The number of fused-ring (bicyclic) bond motifs is 1. The number of carbonyl (C=O) groups excluding carboxylic acids is 1. The van der Waals surface area contributed by atoms with Crippen molar-refractivity contribution in [2.75, 3.05) is 0 Å². The second-order valence-electron chi connectivity index (χ2n) is 6.47. The Morgan fingerprint density at radius 3 is 3.00 bits per heavy atom. The van der Waals surface area contributed by atoms with E-state index in [0.717, 1.165) is 41.8 Å². The summed E-state index contributed by atoms with van der Waals surface area (Å²) in [6.45, 7) is 0. The molecule has 4 rings (SSSR count). The summed E-state index contributed by atoms with van der Waals surface area (Å²) in [5, 5.41) is 9.61. The van der Waals surface area contributed by atoms with Crippen LogP contribution in [0.5, 0.6) is 0 Å². The first-order valence-corrected chi connectivity index (χ1v) is 8.84. The first-order valence-electron chi connectivity index (χ1n) is 7.92. The van der Waals surface area contributed by atoms with Crippen molar-refractivity contribution in [2.24, 2.45) is 7.05 Å². The molecule has 0 radical (unpaired) electrons. The molecule has 5 nitrogen and oxygen atoms in total. The summed E-state index contributed by atoms with van der Waals surface area (Å²) in [6, 6.07) is 1.93. The molecule has 2 aromatic rings. The summed E-state index contributed by atoms with van der Waals surface area (Å²) in [5.41, 5.74) is 1.45. The van der Waals surface area contributed by atoms with Gasteiger partial charge in [0.1, 0.15) is 5.69 Å². The maximum Gasteiger partial charge on any atom is 0.268 e. The lowest BCUT2D eigenvalue weighted by atomic mass is 9.73. The Morgan fingerprint density at radius 2 is 2.35 bits per heavy atom. The van der Waals surface area contributed by atoms with Crippen LogP contribution in [0.25, 0.3) is 12.2 Å². The standard InChI is InChI=1S/C17H19BrN4O/c1-22-10-12(9-19-22)17(5-2-6-17)21-16(23)15-8-11-7-13(18)3-4-14(11)20-15/h4,7-10,13,20H,2-3,5-6H2,1H3,(H,21,23). The van der Waals surface area contributed by atoms with Gasteiger partial charge >= 0.3 is 0 Å². The molecule has 0 aromatic carbocycles. The highest BCUT2D eigenvalue weighted by molar-refractivity contribution is 9.09. The zero-order valence-corrected chi connectivity index (χ0v) is 14.6. The van der Waals surface area contributed by atoms with Crippen molar-refractivity contribution in [1.29, 1.82) is 0 Å². The molecule has 0 saturated heterocycles. The van der Waals surface area contributed by atoms with Gasteiger partial charge in [0.05, 0.1) is 11.7 Å². The Labute approximate surface area is 142 Å². The molecule has 23 heavy (non-hydrogen) atoms. The minimum atomic E-state index is -0.262. The highest BCUT2D eigenvalue weighted by Crippen LogP contribution is 2.41. The number of aromatic amines is 1. The number of aryl methyl sites for hydroxylation is 1. The minimum Gasteiger partial charge on any atom is -0.351 e. The van der Waals surface area contributed by atoms with Gasteiger partial charge in [-0.05, 0) is 37.0 Å². The Bertz CT molecular complexity index is 875.